The molecule has 2 aliphatic rings. The quantitative estimate of drug-likeness (QED) is 0.892. The molecule has 22 heavy (non-hydrogen) atoms. The highest BCUT2D eigenvalue weighted by Crippen LogP contribution is 2.36. The standard InChI is InChI=1S/C19H24N2O/c1-3-7-14(8-4-1)15-11-12-18-17(13-15)19(22-21-18)20-16-9-5-2-6-10-16/h1,3-4,7-8,15-16,20H,2,5-6,9-13H2. The van der Waals surface area contributed by atoms with Crippen LogP contribution in [0.5, 0.6) is 0 Å². The van der Waals surface area contributed by atoms with Gasteiger partial charge in [-0.15, -0.1) is 0 Å². The molecule has 3 nitrogen and oxygen atoms in total. The van der Waals surface area contributed by atoms with Crippen molar-refractivity contribution < 1.29 is 4.52 Å². The zero-order valence-electron chi connectivity index (χ0n) is 13.1. The molecule has 1 N–H and O–H groups in total. The van der Waals surface area contributed by atoms with Crippen molar-refractivity contribution in [2.45, 2.75) is 63.3 Å². The fraction of sp³-hybridized carbons (Fsp3) is 0.526. The zero-order valence-corrected chi connectivity index (χ0v) is 13.1. The normalized spacial score (nSPS) is 22.3. The molecular weight excluding hydrogens is 272 g/mol. The Hall–Kier alpha value is -1.77. The topological polar surface area (TPSA) is 38.1 Å². The van der Waals surface area contributed by atoms with E-state index in [1.165, 1.54) is 55.3 Å². The average molecular weight is 296 g/mol. The lowest BCUT2D eigenvalue weighted by Gasteiger charge is -2.25. The van der Waals surface area contributed by atoms with Gasteiger partial charge in [-0.25, -0.2) is 0 Å². The maximum absolute atomic E-state index is 5.64. The van der Waals surface area contributed by atoms with E-state index in [1.807, 2.05) is 0 Å². The van der Waals surface area contributed by atoms with Crippen molar-refractivity contribution in [1.29, 1.82) is 0 Å². The first-order chi connectivity index (χ1) is 10.9. The van der Waals surface area contributed by atoms with Crippen LogP contribution in [0.15, 0.2) is 34.9 Å². The minimum atomic E-state index is 0.572. The summed E-state index contributed by atoms with van der Waals surface area (Å²) in [6, 6.07) is 11.4. The van der Waals surface area contributed by atoms with Crippen molar-refractivity contribution >= 4 is 5.88 Å². The van der Waals surface area contributed by atoms with Crippen LogP contribution >= 0.6 is 0 Å². The fourth-order valence-corrected chi connectivity index (χ4v) is 3.96. The number of aryl methyl sites for hydroxylation is 1. The van der Waals surface area contributed by atoms with E-state index < -0.39 is 0 Å². The van der Waals surface area contributed by atoms with Gasteiger partial charge in [-0.2, -0.15) is 0 Å². The maximum Gasteiger partial charge on any atom is 0.228 e. The monoisotopic (exact) mass is 296 g/mol. The summed E-state index contributed by atoms with van der Waals surface area (Å²) >= 11 is 0. The van der Waals surface area contributed by atoms with Crippen LogP contribution < -0.4 is 5.32 Å². The Morgan fingerprint density at radius 2 is 1.82 bits per heavy atom. The van der Waals surface area contributed by atoms with E-state index >= 15 is 0 Å². The lowest BCUT2D eigenvalue weighted by Crippen LogP contribution is -2.23. The first-order valence-electron chi connectivity index (χ1n) is 8.69. The minimum Gasteiger partial charge on any atom is -0.351 e. The highest BCUT2D eigenvalue weighted by Gasteiger charge is 2.27. The van der Waals surface area contributed by atoms with Crippen LogP contribution in [0, 0.1) is 0 Å². The van der Waals surface area contributed by atoms with Gasteiger partial charge in [0.1, 0.15) is 0 Å². The number of anilines is 1. The second-order valence-electron chi connectivity index (χ2n) is 6.77. The van der Waals surface area contributed by atoms with E-state index in [4.69, 9.17) is 4.52 Å². The summed E-state index contributed by atoms with van der Waals surface area (Å²) in [7, 11) is 0. The van der Waals surface area contributed by atoms with Gasteiger partial charge in [0, 0.05) is 11.6 Å². The first kappa shape index (κ1) is 13.9. The molecule has 1 heterocycles. The Morgan fingerprint density at radius 1 is 1.00 bits per heavy atom. The molecule has 3 heteroatoms. The Balaban J connectivity index is 1.52. The van der Waals surface area contributed by atoms with E-state index in [1.54, 1.807) is 0 Å². The summed E-state index contributed by atoms with van der Waals surface area (Å²) in [5.74, 6) is 1.54. The van der Waals surface area contributed by atoms with Crippen LogP contribution in [0.3, 0.4) is 0 Å². The zero-order chi connectivity index (χ0) is 14.8. The SMILES string of the molecule is c1ccc(C2CCc3noc(NC4CCCCC4)c3C2)cc1. The van der Waals surface area contributed by atoms with Gasteiger partial charge in [0.2, 0.25) is 5.88 Å². The third-order valence-corrected chi connectivity index (χ3v) is 5.26. The Bertz CT molecular complexity index is 614. The summed E-state index contributed by atoms with van der Waals surface area (Å²) in [6.07, 6.45) is 9.83. The first-order valence-corrected chi connectivity index (χ1v) is 8.69. The Labute approximate surface area is 132 Å². The largest absolute Gasteiger partial charge is 0.351 e. The van der Waals surface area contributed by atoms with Crippen LogP contribution in [0.2, 0.25) is 0 Å². The van der Waals surface area contributed by atoms with E-state index in [0.29, 0.717) is 12.0 Å². The molecule has 1 aromatic carbocycles. The molecule has 116 valence electrons. The molecule has 0 spiro atoms. The van der Waals surface area contributed by atoms with E-state index in [-0.39, 0.29) is 0 Å². The number of nitrogens with one attached hydrogen (secondary N) is 1. The van der Waals surface area contributed by atoms with E-state index in [2.05, 4.69) is 40.8 Å². The number of fused-ring (bicyclic) bond motifs is 1. The van der Waals surface area contributed by atoms with Crippen LogP contribution in [-0.2, 0) is 12.8 Å². The molecule has 1 saturated carbocycles. The Morgan fingerprint density at radius 3 is 2.64 bits per heavy atom. The molecule has 2 aromatic rings. The van der Waals surface area contributed by atoms with Crippen LogP contribution in [0.25, 0.3) is 0 Å². The van der Waals surface area contributed by atoms with Crippen molar-refractivity contribution in [2.75, 3.05) is 5.32 Å². The van der Waals surface area contributed by atoms with Crippen molar-refractivity contribution in [3.8, 4) is 0 Å². The molecular formula is C19H24N2O. The van der Waals surface area contributed by atoms with Gasteiger partial charge in [-0.05, 0) is 43.6 Å². The third-order valence-electron chi connectivity index (χ3n) is 5.26. The molecule has 2 aliphatic carbocycles. The lowest BCUT2D eigenvalue weighted by atomic mass is 9.82. The van der Waals surface area contributed by atoms with Crippen molar-refractivity contribution in [1.82, 2.24) is 5.16 Å². The van der Waals surface area contributed by atoms with Crippen LogP contribution in [0.1, 0.15) is 61.3 Å². The summed E-state index contributed by atoms with van der Waals surface area (Å²) in [5.41, 5.74) is 3.94. The van der Waals surface area contributed by atoms with E-state index in [9.17, 15) is 0 Å². The predicted molar refractivity (Wildman–Crippen MR) is 88.2 cm³/mol. The number of hydrogen-bond donors (Lipinski definition) is 1. The van der Waals surface area contributed by atoms with Gasteiger partial charge in [-0.1, -0.05) is 54.8 Å². The van der Waals surface area contributed by atoms with Crippen LogP contribution in [0.4, 0.5) is 5.88 Å². The molecule has 0 aliphatic heterocycles. The molecule has 1 atom stereocenters. The van der Waals surface area contributed by atoms with Crippen molar-refractivity contribution in [2.24, 2.45) is 0 Å². The second kappa shape index (κ2) is 6.15. The number of nitrogens with zero attached hydrogens (tertiary/aromatic N) is 1. The van der Waals surface area contributed by atoms with Gasteiger partial charge in [0.15, 0.2) is 0 Å². The molecule has 1 unspecified atom stereocenters. The van der Waals surface area contributed by atoms with Crippen molar-refractivity contribution in [3.05, 3.63) is 47.2 Å². The molecule has 0 amide bonds. The molecule has 4 rings (SSSR count). The highest BCUT2D eigenvalue weighted by molar-refractivity contribution is 5.47. The second-order valence-corrected chi connectivity index (χ2v) is 6.77. The maximum atomic E-state index is 5.64. The van der Waals surface area contributed by atoms with Gasteiger partial charge < -0.3 is 9.84 Å². The van der Waals surface area contributed by atoms with Gasteiger partial charge in [0.25, 0.3) is 0 Å². The fourth-order valence-electron chi connectivity index (χ4n) is 3.96. The molecule has 1 fully saturated rings. The Kier molecular flexibility index (Phi) is 3.88. The molecule has 0 saturated heterocycles. The number of hydrogen-bond acceptors (Lipinski definition) is 3. The van der Waals surface area contributed by atoms with Gasteiger partial charge in [-0.3, -0.25) is 0 Å². The average Bonchev–Trinajstić information content (AvgIpc) is 2.99. The highest BCUT2D eigenvalue weighted by atomic mass is 16.5. The summed E-state index contributed by atoms with van der Waals surface area (Å²) < 4.78 is 5.64. The summed E-state index contributed by atoms with van der Waals surface area (Å²) in [6.45, 7) is 0. The van der Waals surface area contributed by atoms with Crippen molar-refractivity contribution in [3.63, 3.8) is 0 Å². The number of rotatable bonds is 3. The summed E-state index contributed by atoms with van der Waals surface area (Å²) in [5, 5.41) is 7.94. The molecule has 0 radical (unpaired) electrons. The lowest BCUT2D eigenvalue weighted by molar-refractivity contribution is 0.403. The number of aromatic nitrogens is 1. The summed E-state index contributed by atoms with van der Waals surface area (Å²) in [4.78, 5) is 0. The smallest absolute Gasteiger partial charge is 0.228 e. The molecule has 0 bridgehead atoms. The van der Waals surface area contributed by atoms with Gasteiger partial charge in [0.05, 0.1) is 5.69 Å². The predicted octanol–water partition coefficient (Wildman–Crippen LogP) is 4.69. The number of benzene rings is 1. The van der Waals surface area contributed by atoms with E-state index in [0.717, 1.165) is 18.7 Å². The third kappa shape index (κ3) is 2.77. The van der Waals surface area contributed by atoms with Gasteiger partial charge >= 0.3 is 0 Å². The molecule has 1 aromatic heterocycles. The van der Waals surface area contributed by atoms with Crippen LogP contribution in [-0.4, -0.2) is 11.2 Å². The minimum absolute atomic E-state index is 0.572.